The molecule has 2 rings (SSSR count). The van der Waals surface area contributed by atoms with Crippen LogP contribution in [0, 0.1) is 5.92 Å². The van der Waals surface area contributed by atoms with Crippen molar-refractivity contribution in [3.8, 4) is 0 Å². The SMILES string of the molecule is CCCn1cc(CNC(=O)C(c2ccccc2)C(C)C)nn1. The Morgan fingerprint density at radius 1 is 1.27 bits per heavy atom. The Balaban J connectivity index is 1.99. The molecule has 0 aliphatic rings. The highest BCUT2D eigenvalue weighted by atomic mass is 16.1. The third-order valence-electron chi connectivity index (χ3n) is 3.59. The summed E-state index contributed by atoms with van der Waals surface area (Å²) in [5.41, 5.74) is 1.84. The van der Waals surface area contributed by atoms with E-state index >= 15 is 0 Å². The number of amides is 1. The topological polar surface area (TPSA) is 59.8 Å². The highest BCUT2D eigenvalue weighted by molar-refractivity contribution is 5.83. The Kier molecular flexibility index (Phi) is 5.69. The number of hydrogen-bond donors (Lipinski definition) is 1. The molecule has 118 valence electrons. The fourth-order valence-electron chi connectivity index (χ4n) is 2.54. The van der Waals surface area contributed by atoms with Crippen LogP contribution in [0.25, 0.3) is 0 Å². The van der Waals surface area contributed by atoms with Gasteiger partial charge in [-0.2, -0.15) is 0 Å². The molecule has 1 heterocycles. The highest BCUT2D eigenvalue weighted by Crippen LogP contribution is 2.24. The van der Waals surface area contributed by atoms with Gasteiger partial charge in [-0.15, -0.1) is 5.10 Å². The first-order valence-electron chi connectivity index (χ1n) is 7.83. The summed E-state index contributed by atoms with van der Waals surface area (Å²) in [6.45, 7) is 7.48. The maximum atomic E-state index is 12.5. The van der Waals surface area contributed by atoms with Crippen LogP contribution in [0.15, 0.2) is 36.5 Å². The van der Waals surface area contributed by atoms with Gasteiger partial charge in [0.15, 0.2) is 0 Å². The van der Waals surface area contributed by atoms with E-state index in [1.165, 1.54) is 0 Å². The zero-order chi connectivity index (χ0) is 15.9. The molecule has 5 nitrogen and oxygen atoms in total. The average molecular weight is 300 g/mol. The van der Waals surface area contributed by atoms with E-state index < -0.39 is 0 Å². The standard InChI is InChI=1S/C17H24N4O/c1-4-10-21-12-15(19-20-21)11-18-17(22)16(13(2)3)14-8-6-5-7-9-14/h5-9,12-13,16H,4,10-11H2,1-3H3,(H,18,22). The lowest BCUT2D eigenvalue weighted by atomic mass is 9.87. The number of hydrogen-bond acceptors (Lipinski definition) is 3. The van der Waals surface area contributed by atoms with Gasteiger partial charge in [0.05, 0.1) is 18.7 Å². The van der Waals surface area contributed by atoms with Crippen molar-refractivity contribution >= 4 is 5.91 Å². The molecule has 2 aromatic rings. The van der Waals surface area contributed by atoms with E-state index in [-0.39, 0.29) is 17.7 Å². The summed E-state index contributed by atoms with van der Waals surface area (Å²) in [5.74, 6) is 0.122. The summed E-state index contributed by atoms with van der Waals surface area (Å²) >= 11 is 0. The number of carbonyl (C=O) groups excluding carboxylic acids is 1. The molecule has 0 bridgehead atoms. The number of nitrogens with zero attached hydrogens (tertiary/aromatic N) is 3. The van der Waals surface area contributed by atoms with Crippen molar-refractivity contribution in [2.75, 3.05) is 0 Å². The first-order chi connectivity index (χ1) is 10.6. The van der Waals surface area contributed by atoms with Gasteiger partial charge in [-0.05, 0) is 17.9 Å². The van der Waals surface area contributed by atoms with Crippen molar-refractivity contribution in [1.29, 1.82) is 0 Å². The predicted molar refractivity (Wildman–Crippen MR) is 86.2 cm³/mol. The molecule has 0 spiro atoms. The van der Waals surface area contributed by atoms with Gasteiger partial charge in [0.2, 0.25) is 5.91 Å². The van der Waals surface area contributed by atoms with Crippen LogP contribution in [-0.4, -0.2) is 20.9 Å². The van der Waals surface area contributed by atoms with Crippen LogP contribution in [0.1, 0.15) is 44.4 Å². The quantitative estimate of drug-likeness (QED) is 0.855. The normalized spacial score (nSPS) is 12.4. The number of aromatic nitrogens is 3. The fourth-order valence-corrected chi connectivity index (χ4v) is 2.54. The Morgan fingerprint density at radius 2 is 2.00 bits per heavy atom. The Labute approximate surface area is 131 Å². The number of benzene rings is 1. The molecule has 22 heavy (non-hydrogen) atoms. The molecule has 0 fully saturated rings. The van der Waals surface area contributed by atoms with Gasteiger partial charge in [0.1, 0.15) is 5.69 Å². The summed E-state index contributed by atoms with van der Waals surface area (Å²) in [6.07, 6.45) is 2.90. The molecule has 1 N–H and O–H groups in total. The van der Waals surface area contributed by atoms with Crippen LogP contribution < -0.4 is 5.32 Å². The lowest BCUT2D eigenvalue weighted by Gasteiger charge is -2.20. The van der Waals surface area contributed by atoms with Crippen molar-refractivity contribution in [1.82, 2.24) is 20.3 Å². The summed E-state index contributed by atoms with van der Waals surface area (Å²) in [6, 6.07) is 9.90. The molecular formula is C17H24N4O. The lowest BCUT2D eigenvalue weighted by molar-refractivity contribution is -0.123. The van der Waals surface area contributed by atoms with Gasteiger partial charge in [-0.1, -0.05) is 56.3 Å². The Hall–Kier alpha value is -2.17. The summed E-state index contributed by atoms with van der Waals surface area (Å²) in [5, 5.41) is 11.1. The van der Waals surface area contributed by atoms with E-state index in [1.807, 2.05) is 36.5 Å². The van der Waals surface area contributed by atoms with Crippen molar-refractivity contribution in [2.24, 2.45) is 5.92 Å². The van der Waals surface area contributed by atoms with Crippen LogP contribution in [0.3, 0.4) is 0 Å². The minimum absolute atomic E-state index is 0.0336. The molecule has 0 aliphatic carbocycles. The smallest absolute Gasteiger partial charge is 0.228 e. The van der Waals surface area contributed by atoms with Crippen LogP contribution >= 0.6 is 0 Å². The molecule has 0 saturated heterocycles. The van der Waals surface area contributed by atoms with E-state index in [2.05, 4.69) is 36.4 Å². The second kappa shape index (κ2) is 7.73. The van der Waals surface area contributed by atoms with Gasteiger partial charge in [-0.3, -0.25) is 9.48 Å². The van der Waals surface area contributed by atoms with Crippen LogP contribution in [0.2, 0.25) is 0 Å². The molecular weight excluding hydrogens is 276 g/mol. The van der Waals surface area contributed by atoms with Crippen LogP contribution in [0.5, 0.6) is 0 Å². The Morgan fingerprint density at radius 3 is 2.64 bits per heavy atom. The van der Waals surface area contributed by atoms with E-state index in [0.717, 1.165) is 24.2 Å². The summed E-state index contributed by atoms with van der Waals surface area (Å²) in [4.78, 5) is 12.5. The first kappa shape index (κ1) is 16.2. The largest absolute Gasteiger partial charge is 0.350 e. The second-order valence-electron chi connectivity index (χ2n) is 5.82. The van der Waals surface area contributed by atoms with Gasteiger partial charge in [0.25, 0.3) is 0 Å². The van der Waals surface area contributed by atoms with Crippen molar-refractivity contribution < 1.29 is 4.79 Å². The average Bonchev–Trinajstić information content (AvgIpc) is 2.94. The minimum Gasteiger partial charge on any atom is -0.350 e. The summed E-state index contributed by atoms with van der Waals surface area (Å²) in [7, 11) is 0. The highest BCUT2D eigenvalue weighted by Gasteiger charge is 2.23. The maximum Gasteiger partial charge on any atom is 0.228 e. The number of rotatable bonds is 7. The predicted octanol–water partition coefficient (Wildman–Crippen LogP) is 2.74. The summed E-state index contributed by atoms with van der Waals surface area (Å²) < 4.78 is 1.80. The van der Waals surface area contributed by atoms with Gasteiger partial charge >= 0.3 is 0 Å². The molecule has 1 aromatic heterocycles. The van der Waals surface area contributed by atoms with Gasteiger partial charge in [-0.25, -0.2) is 0 Å². The van der Waals surface area contributed by atoms with Crippen molar-refractivity contribution in [3.05, 3.63) is 47.8 Å². The lowest BCUT2D eigenvalue weighted by Crippen LogP contribution is -2.31. The van der Waals surface area contributed by atoms with E-state index in [1.54, 1.807) is 4.68 Å². The first-order valence-corrected chi connectivity index (χ1v) is 7.83. The van der Waals surface area contributed by atoms with E-state index in [4.69, 9.17) is 0 Å². The molecule has 5 heteroatoms. The second-order valence-corrected chi connectivity index (χ2v) is 5.82. The fraction of sp³-hybridized carbons (Fsp3) is 0.471. The molecule has 1 aromatic carbocycles. The number of aryl methyl sites for hydroxylation is 1. The minimum atomic E-state index is -0.146. The molecule has 0 saturated carbocycles. The monoisotopic (exact) mass is 300 g/mol. The molecule has 1 amide bonds. The third kappa shape index (κ3) is 4.16. The number of nitrogens with one attached hydrogen (secondary N) is 1. The zero-order valence-corrected chi connectivity index (χ0v) is 13.5. The van der Waals surface area contributed by atoms with Crippen LogP contribution in [-0.2, 0) is 17.9 Å². The Bertz CT molecular complexity index is 592. The van der Waals surface area contributed by atoms with Crippen molar-refractivity contribution in [3.63, 3.8) is 0 Å². The number of carbonyl (C=O) groups is 1. The van der Waals surface area contributed by atoms with Gasteiger partial charge < -0.3 is 5.32 Å². The van der Waals surface area contributed by atoms with Gasteiger partial charge in [0, 0.05) is 6.54 Å². The van der Waals surface area contributed by atoms with Crippen LogP contribution in [0.4, 0.5) is 0 Å². The zero-order valence-electron chi connectivity index (χ0n) is 13.5. The molecule has 0 radical (unpaired) electrons. The molecule has 1 unspecified atom stereocenters. The maximum absolute atomic E-state index is 12.5. The third-order valence-corrected chi connectivity index (χ3v) is 3.59. The van der Waals surface area contributed by atoms with E-state index in [9.17, 15) is 4.79 Å². The molecule has 1 atom stereocenters. The van der Waals surface area contributed by atoms with Crippen molar-refractivity contribution in [2.45, 2.75) is 46.2 Å². The molecule has 0 aliphatic heterocycles. The van der Waals surface area contributed by atoms with E-state index in [0.29, 0.717) is 6.54 Å².